The van der Waals surface area contributed by atoms with Crippen LogP contribution >= 0.6 is 36.2 Å². The number of amides is 1. The molecule has 10 nitrogen and oxygen atoms in total. The average molecular weight is 691 g/mol. The monoisotopic (exact) mass is 689 g/mol. The molecule has 45 heavy (non-hydrogen) atoms. The van der Waals surface area contributed by atoms with Crippen molar-refractivity contribution in [2.75, 3.05) is 38.0 Å². The van der Waals surface area contributed by atoms with Gasteiger partial charge in [0.15, 0.2) is 5.13 Å². The topological polar surface area (TPSA) is 117 Å². The number of alkyl halides is 3. The maximum Gasteiger partial charge on any atom is 0.573 e. The van der Waals surface area contributed by atoms with Crippen molar-refractivity contribution in [1.82, 2.24) is 30.1 Å². The lowest BCUT2D eigenvalue weighted by molar-refractivity contribution is -0.274. The number of aliphatic hydroxyl groups is 1. The zero-order valence-corrected chi connectivity index (χ0v) is 27.4. The Labute approximate surface area is 274 Å². The van der Waals surface area contributed by atoms with Gasteiger partial charge in [-0.2, -0.15) is 0 Å². The summed E-state index contributed by atoms with van der Waals surface area (Å²) in [6.45, 7) is 7.18. The molecule has 2 aliphatic rings. The standard InChI is InChI=1S/C29H34F3N7O3S.2ClH/c1-28(2,41)15-39-11-9-16(14-39)23-19(25(40)34-17-8-10-33-13-17)5-7-21-24(23)36-26(38(21)3)37-27-35-20-6-4-18(12-22(20)43-27)42-29(30,31)32;;/h4-7,12,16-17,33,41H,8-11,13-15H2,1-3H3,(H,34,40)(H,35,36,37);2*1H. The number of β-amino-alcohol motifs (C(OH)–C–C–N with tert-alkyl or cyclic N) is 1. The van der Waals surface area contributed by atoms with Crippen LogP contribution in [0.5, 0.6) is 5.75 Å². The summed E-state index contributed by atoms with van der Waals surface area (Å²) in [5.41, 5.74) is 2.70. The number of fused-ring (bicyclic) bond motifs is 2. The van der Waals surface area contributed by atoms with Crippen molar-refractivity contribution < 1.29 is 27.8 Å². The molecular formula is C29H36Cl2F3N7O3S. The normalized spacial score (nSPS) is 19.0. The van der Waals surface area contributed by atoms with Gasteiger partial charge in [0, 0.05) is 50.3 Å². The third-order valence-corrected chi connectivity index (χ3v) is 8.77. The van der Waals surface area contributed by atoms with Crippen molar-refractivity contribution in [1.29, 1.82) is 0 Å². The lowest BCUT2D eigenvalue weighted by atomic mass is 9.91. The van der Waals surface area contributed by atoms with E-state index >= 15 is 0 Å². The molecule has 2 unspecified atom stereocenters. The van der Waals surface area contributed by atoms with E-state index in [1.807, 2.05) is 23.7 Å². The van der Waals surface area contributed by atoms with E-state index in [9.17, 15) is 23.1 Å². The lowest BCUT2D eigenvalue weighted by Gasteiger charge is -2.25. The van der Waals surface area contributed by atoms with Gasteiger partial charge in [0.05, 0.1) is 26.9 Å². The Balaban J connectivity index is 0.00000230. The maximum atomic E-state index is 13.6. The molecule has 2 fully saturated rings. The zero-order valence-electron chi connectivity index (χ0n) is 24.9. The SMILES string of the molecule is Cl.Cl.Cn1c(Nc2nc3ccc(OC(F)(F)F)cc3s2)nc2c(C3CCN(CC(C)(C)O)C3)c(C(=O)NC3CCNC3)ccc21. The van der Waals surface area contributed by atoms with Gasteiger partial charge >= 0.3 is 6.36 Å². The Hall–Kier alpha value is -2.88. The number of anilines is 2. The molecule has 2 saturated heterocycles. The largest absolute Gasteiger partial charge is 0.573 e. The van der Waals surface area contributed by atoms with Crippen molar-refractivity contribution in [2.24, 2.45) is 7.05 Å². The van der Waals surface area contributed by atoms with Crippen LogP contribution in [0.3, 0.4) is 0 Å². The fourth-order valence-electron chi connectivity index (χ4n) is 6.05. The Morgan fingerprint density at radius 3 is 2.64 bits per heavy atom. The molecule has 2 aromatic heterocycles. The fraction of sp³-hybridized carbons (Fsp3) is 0.483. The molecule has 6 rings (SSSR count). The second-order valence-electron chi connectivity index (χ2n) is 11.9. The van der Waals surface area contributed by atoms with Gasteiger partial charge in [-0.1, -0.05) is 11.3 Å². The number of hydrogen-bond acceptors (Lipinski definition) is 9. The fourth-order valence-corrected chi connectivity index (χ4v) is 6.94. The summed E-state index contributed by atoms with van der Waals surface area (Å²) in [4.78, 5) is 25.3. The van der Waals surface area contributed by atoms with Crippen molar-refractivity contribution in [3.8, 4) is 5.75 Å². The summed E-state index contributed by atoms with van der Waals surface area (Å²) >= 11 is 1.19. The summed E-state index contributed by atoms with van der Waals surface area (Å²) in [5.74, 6) is 0.0865. The number of aryl methyl sites for hydroxylation is 1. The Bertz CT molecular complexity index is 1670. The highest BCUT2D eigenvalue weighted by Crippen LogP contribution is 2.38. The molecule has 246 valence electrons. The molecule has 4 heterocycles. The number of benzene rings is 2. The number of aromatic nitrogens is 3. The number of carbonyl (C=O) groups is 1. The van der Waals surface area contributed by atoms with Crippen LogP contribution < -0.4 is 20.7 Å². The number of likely N-dealkylation sites (tertiary alicyclic amines) is 1. The van der Waals surface area contributed by atoms with Crippen LogP contribution in [-0.4, -0.2) is 81.2 Å². The van der Waals surface area contributed by atoms with E-state index in [1.54, 1.807) is 13.8 Å². The highest BCUT2D eigenvalue weighted by atomic mass is 35.5. The molecule has 0 aliphatic carbocycles. The van der Waals surface area contributed by atoms with E-state index in [4.69, 9.17) is 4.98 Å². The van der Waals surface area contributed by atoms with E-state index in [0.29, 0.717) is 45.5 Å². The predicted molar refractivity (Wildman–Crippen MR) is 174 cm³/mol. The van der Waals surface area contributed by atoms with E-state index in [0.717, 1.165) is 43.6 Å². The van der Waals surface area contributed by atoms with E-state index < -0.39 is 12.0 Å². The first-order valence-electron chi connectivity index (χ1n) is 14.2. The van der Waals surface area contributed by atoms with Gasteiger partial charge in [-0.05, 0) is 69.6 Å². The minimum absolute atomic E-state index is 0. The first-order valence-corrected chi connectivity index (χ1v) is 15.0. The first kappa shape index (κ1) is 35.0. The van der Waals surface area contributed by atoms with E-state index in [-0.39, 0.29) is 48.4 Å². The summed E-state index contributed by atoms with van der Waals surface area (Å²) in [6, 6.07) is 7.84. The average Bonchev–Trinajstić information content (AvgIpc) is 3.70. The van der Waals surface area contributed by atoms with Crippen LogP contribution in [0.2, 0.25) is 0 Å². The number of thiazole rings is 1. The molecule has 16 heteroatoms. The second-order valence-corrected chi connectivity index (χ2v) is 12.9. The molecule has 2 aromatic carbocycles. The third kappa shape index (κ3) is 7.92. The van der Waals surface area contributed by atoms with Crippen LogP contribution in [0, 0.1) is 0 Å². The number of nitrogens with zero attached hydrogens (tertiary/aromatic N) is 4. The van der Waals surface area contributed by atoms with Gasteiger partial charge < -0.3 is 30.4 Å². The Morgan fingerprint density at radius 2 is 1.96 bits per heavy atom. The minimum atomic E-state index is -4.78. The van der Waals surface area contributed by atoms with Gasteiger partial charge in [0.2, 0.25) is 5.95 Å². The zero-order chi connectivity index (χ0) is 30.5. The summed E-state index contributed by atoms with van der Waals surface area (Å²) in [6.07, 6.45) is -3.09. The van der Waals surface area contributed by atoms with Crippen molar-refractivity contribution in [3.05, 3.63) is 41.5 Å². The van der Waals surface area contributed by atoms with E-state index in [1.165, 1.54) is 29.5 Å². The van der Waals surface area contributed by atoms with E-state index in [2.05, 4.69) is 30.6 Å². The number of hydrogen-bond donors (Lipinski definition) is 4. The summed E-state index contributed by atoms with van der Waals surface area (Å²) < 4.78 is 44.6. The smallest absolute Gasteiger partial charge is 0.406 e. The first-order chi connectivity index (χ1) is 20.3. The highest BCUT2D eigenvalue weighted by Gasteiger charge is 2.34. The quantitative estimate of drug-likeness (QED) is 0.197. The van der Waals surface area contributed by atoms with Gasteiger partial charge in [-0.3, -0.25) is 9.69 Å². The Kier molecular flexibility index (Phi) is 10.5. The highest BCUT2D eigenvalue weighted by molar-refractivity contribution is 7.22. The van der Waals surface area contributed by atoms with Crippen LogP contribution in [0.15, 0.2) is 30.3 Å². The molecule has 0 spiro atoms. The lowest BCUT2D eigenvalue weighted by Crippen LogP contribution is -2.38. The minimum Gasteiger partial charge on any atom is -0.406 e. The summed E-state index contributed by atoms with van der Waals surface area (Å²) in [5, 5.41) is 20.6. The molecule has 1 amide bonds. The summed E-state index contributed by atoms with van der Waals surface area (Å²) in [7, 11) is 1.86. The third-order valence-electron chi connectivity index (χ3n) is 7.84. The number of carbonyl (C=O) groups excluding carboxylic acids is 1. The van der Waals surface area contributed by atoms with Crippen molar-refractivity contribution in [2.45, 2.75) is 50.6 Å². The molecule has 0 bridgehead atoms. The van der Waals surface area contributed by atoms with Crippen molar-refractivity contribution >= 4 is 74.4 Å². The van der Waals surface area contributed by atoms with Gasteiger partial charge in [0.1, 0.15) is 5.75 Å². The maximum absolute atomic E-state index is 13.6. The molecule has 2 aliphatic heterocycles. The van der Waals surface area contributed by atoms with Crippen LogP contribution in [-0.2, 0) is 7.05 Å². The number of halogens is 5. The number of ether oxygens (including phenoxy) is 1. The molecule has 4 N–H and O–H groups in total. The van der Waals surface area contributed by atoms with Gasteiger partial charge in [-0.25, -0.2) is 9.97 Å². The molecular weight excluding hydrogens is 654 g/mol. The van der Waals surface area contributed by atoms with Gasteiger partial charge in [-0.15, -0.1) is 38.0 Å². The molecule has 0 saturated carbocycles. The van der Waals surface area contributed by atoms with Crippen LogP contribution in [0.25, 0.3) is 21.3 Å². The number of imidazole rings is 1. The van der Waals surface area contributed by atoms with Crippen LogP contribution in [0.4, 0.5) is 24.3 Å². The predicted octanol–water partition coefficient (Wildman–Crippen LogP) is 5.32. The number of rotatable bonds is 8. The number of nitrogens with one attached hydrogen (secondary N) is 3. The molecule has 0 radical (unpaired) electrons. The Morgan fingerprint density at radius 1 is 1.18 bits per heavy atom. The molecule has 2 atom stereocenters. The van der Waals surface area contributed by atoms with Gasteiger partial charge in [0.25, 0.3) is 5.91 Å². The molecule has 4 aromatic rings. The second kappa shape index (κ2) is 13.5. The van der Waals surface area contributed by atoms with Crippen molar-refractivity contribution in [3.63, 3.8) is 0 Å². The van der Waals surface area contributed by atoms with Crippen LogP contribution in [0.1, 0.15) is 48.5 Å².